The van der Waals surface area contributed by atoms with Gasteiger partial charge in [0, 0.05) is 18.1 Å². The molecule has 3 nitrogen and oxygen atoms in total. The molecule has 0 fully saturated rings. The van der Waals surface area contributed by atoms with Crippen molar-refractivity contribution in [3.05, 3.63) is 29.3 Å². The molecule has 1 unspecified atom stereocenters. The van der Waals surface area contributed by atoms with Crippen molar-refractivity contribution in [1.29, 1.82) is 0 Å². The van der Waals surface area contributed by atoms with Gasteiger partial charge in [0.1, 0.15) is 18.5 Å². The maximum atomic E-state index is 9.76. The number of rotatable bonds is 6. The minimum atomic E-state index is -0.522. The van der Waals surface area contributed by atoms with E-state index in [1.807, 2.05) is 12.1 Å². The van der Waals surface area contributed by atoms with Gasteiger partial charge in [-0.2, -0.15) is 0 Å². The van der Waals surface area contributed by atoms with Crippen molar-refractivity contribution in [3.8, 4) is 5.75 Å². The van der Waals surface area contributed by atoms with Crippen LogP contribution in [0.2, 0.25) is 5.02 Å². The molecule has 0 amide bonds. The average Bonchev–Trinajstić information content (AvgIpc) is 2.25. The molecular weight excluding hydrogens is 250 g/mol. The topological polar surface area (TPSA) is 41.5 Å². The minimum Gasteiger partial charge on any atom is -0.491 e. The summed E-state index contributed by atoms with van der Waals surface area (Å²) >= 11 is 5.84. The van der Waals surface area contributed by atoms with Gasteiger partial charge in [0.15, 0.2) is 0 Å². The van der Waals surface area contributed by atoms with Crippen molar-refractivity contribution in [1.82, 2.24) is 5.32 Å². The fourth-order valence-electron chi connectivity index (χ4n) is 1.42. The van der Waals surface area contributed by atoms with E-state index in [-0.39, 0.29) is 12.0 Å². The van der Waals surface area contributed by atoms with Gasteiger partial charge in [-0.25, -0.2) is 0 Å². The Balaban J connectivity index is 2.23. The second-order valence-electron chi connectivity index (χ2n) is 5.61. The molecule has 18 heavy (non-hydrogen) atoms. The molecule has 1 rings (SSSR count). The lowest BCUT2D eigenvalue weighted by molar-refractivity contribution is 0.104. The normalized spacial score (nSPS) is 13.4. The summed E-state index contributed by atoms with van der Waals surface area (Å²) in [5.74, 6) is 0.678. The van der Waals surface area contributed by atoms with Crippen LogP contribution in [0.25, 0.3) is 0 Å². The van der Waals surface area contributed by atoms with Gasteiger partial charge in [0.2, 0.25) is 0 Å². The molecule has 1 atom stereocenters. The first kappa shape index (κ1) is 15.3. The Morgan fingerprint density at radius 2 is 2.11 bits per heavy atom. The number of benzene rings is 1. The molecule has 0 aliphatic heterocycles. The van der Waals surface area contributed by atoms with Crippen LogP contribution >= 0.6 is 11.6 Å². The number of hydrogen-bond donors (Lipinski definition) is 2. The molecule has 0 saturated heterocycles. The van der Waals surface area contributed by atoms with Crippen LogP contribution in [0.3, 0.4) is 0 Å². The van der Waals surface area contributed by atoms with Crippen LogP contribution in [-0.2, 0) is 0 Å². The third-order valence-electron chi connectivity index (χ3n) is 2.27. The van der Waals surface area contributed by atoms with Crippen molar-refractivity contribution >= 4 is 11.6 Å². The third-order valence-corrected chi connectivity index (χ3v) is 2.51. The van der Waals surface area contributed by atoms with Gasteiger partial charge in [-0.3, -0.25) is 0 Å². The van der Waals surface area contributed by atoms with Gasteiger partial charge in [-0.15, -0.1) is 0 Å². The highest BCUT2D eigenvalue weighted by molar-refractivity contribution is 6.30. The number of aliphatic hydroxyl groups is 1. The number of halogens is 1. The van der Waals surface area contributed by atoms with E-state index < -0.39 is 6.10 Å². The SMILES string of the molecule is CC(C)(C)CNCC(O)COc1cccc(Cl)c1. The first-order valence-electron chi connectivity index (χ1n) is 6.14. The Kier molecular flexibility index (Phi) is 5.93. The molecule has 0 aliphatic carbocycles. The molecule has 102 valence electrons. The summed E-state index contributed by atoms with van der Waals surface area (Å²) in [5.41, 5.74) is 0.216. The first-order chi connectivity index (χ1) is 8.37. The standard InChI is InChI=1S/C14H22ClNO2/c1-14(2,3)10-16-8-12(17)9-18-13-6-4-5-11(15)7-13/h4-7,12,16-17H,8-10H2,1-3H3. The van der Waals surface area contributed by atoms with E-state index in [2.05, 4.69) is 26.1 Å². The molecule has 0 radical (unpaired) electrons. The molecule has 0 heterocycles. The Hall–Kier alpha value is -0.770. The molecule has 1 aromatic rings. The summed E-state index contributed by atoms with van der Waals surface area (Å²) in [6.07, 6.45) is -0.522. The van der Waals surface area contributed by atoms with Gasteiger partial charge in [-0.05, 0) is 23.6 Å². The van der Waals surface area contributed by atoms with Crippen LogP contribution in [0.1, 0.15) is 20.8 Å². The van der Waals surface area contributed by atoms with Crippen molar-refractivity contribution in [2.45, 2.75) is 26.9 Å². The van der Waals surface area contributed by atoms with Crippen molar-refractivity contribution in [3.63, 3.8) is 0 Å². The molecule has 0 aromatic heterocycles. The van der Waals surface area contributed by atoms with Crippen LogP contribution in [0.15, 0.2) is 24.3 Å². The Labute approximate surface area is 114 Å². The lowest BCUT2D eigenvalue weighted by Gasteiger charge is -2.20. The van der Waals surface area contributed by atoms with Crippen LogP contribution in [-0.4, -0.2) is 30.9 Å². The number of hydrogen-bond acceptors (Lipinski definition) is 3. The number of ether oxygens (including phenoxy) is 1. The summed E-state index contributed by atoms with van der Waals surface area (Å²) in [6, 6.07) is 7.16. The van der Waals surface area contributed by atoms with Crippen molar-refractivity contribution < 1.29 is 9.84 Å². The predicted molar refractivity (Wildman–Crippen MR) is 75.3 cm³/mol. The smallest absolute Gasteiger partial charge is 0.120 e. The molecule has 0 saturated carbocycles. The highest BCUT2D eigenvalue weighted by atomic mass is 35.5. The van der Waals surface area contributed by atoms with E-state index in [1.165, 1.54) is 0 Å². The molecular formula is C14H22ClNO2. The highest BCUT2D eigenvalue weighted by Gasteiger charge is 2.11. The first-order valence-corrected chi connectivity index (χ1v) is 6.52. The number of nitrogens with one attached hydrogen (secondary N) is 1. The maximum Gasteiger partial charge on any atom is 0.120 e. The minimum absolute atomic E-state index is 0.216. The zero-order valence-electron chi connectivity index (χ0n) is 11.2. The van der Waals surface area contributed by atoms with E-state index >= 15 is 0 Å². The lowest BCUT2D eigenvalue weighted by atomic mass is 9.97. The van der Waals surface area contributed by atoms with Crippen molar-refractivity contribution in [2.75, 3.05) is 19.7 Å². The van der Waals surface area contributed by atoms with Crippen LogP contribution in [0, 0.1) is 5.41 Å². The van der Waals surface area contributed by atoms with Crippen LogP contribution < -0.4 is 10.1 Å². The Morgan fingerprint density at radius 1 is 1.39 bits per heavy atom. The second-order valence-corrected chi connectivity index (χ2v) is 6.05. The van der Waals surface area contributed by atoms with Crippen LogP contribution in [0.4, 0.5) is 0 Å². The molecule has 0 bridgehead atoms. The van der Waals surface area contributed by atoms with E-state index in [0.717, 1.165) is 6.54 Å². The predicted octanol–water partition coefficient (Wildman–Crippen LogP) is 2.72. The molecule has 2 N–H and O–H groups in total. The molecule has 0 aliphatic rings. The summed E-state index contributed by atoms with van der Waals surface area (Å²) < 4.78 is 5.46. The molecule has 4 heteroatoms. The lowest BCUT2D eigenvalue weighted by Crippen LogP contribution is -2.36. The van der Waals surface area contributed by atoms with Gasteiger partial charge < -0.3 is 15.2 Å². The van der Waals surface area contributed by atoms with Gasteiger partial charge >= 0.3 is 0 Å². The van der Waals surface area contributed by atoms with Gasteiger partial charge in [-0.1, -0.05) is 38.4 Å². The third kappa shape index (κ3) is 6.84. The summed E-state index contributed by atoms with van der Waals surface area (Å²) in [7, 11) is 0. The molecule has 0 spiro atoms. The quantitative estimate of drug-likeness (QED) is 0.836. The fraction of sp³-hybridized carbons (Fsp3) is 0.571. The second kappa shape index (κ2) is 6.98. The van der Waals surface area contributed by atoms with E-state index in [9.17, 15) is 5.11 Å². The molecule has 1 aromatic carbocycles. The van der Waals surface area contributed by atoms with Gasteiger partial charge in [0.25, 0.3) is 0 Å². The van der Waals surface area contributed by atoms with Crippen LogP contribution in [0.5, 0.6) is 5.75 Å². The van der Waals surface area contributed by atoms with E-state index in [4.69, 9.17) is 16.3 Å². The Morgan fingerprint density at radius 3 is 2.72 bits per heavy atom. The Bertz CT molecular complexity index is 363. The summed E-state index contributed by atoms with van der Waals surface area (Å²) in [5, 5.41) is 13.6. The largest absolute Gasteiger partial charge is 0.491 e. The van der Waals surface area contributed by atoms with E-state index in [1.54, 1.807) is 12.1 Å². The zero-order chi connectivity index (χ0) is 13.6. The summed E-state index contributed by atoms with van der Waals surface area (Å²) in [4.78, 5) is 0. The average molecular weight is 272 g/mol. The zero-order valence-corrected chi connectivity index (χ0v) is 12.0. The fourth-order valence-corrected chi connectivity index (χ4v) is 1.60. The maximum absolute atomic E-state index is 9.76. The summed E-state index contributed by atoms with van der Waals surface area (Å²) in [6.45, 7) is 8.09. The van der Waals surface area contributed by atoms with Crippen molar-refractivity contribution in [2.24, 2.45) is 5.41 Å². The monoisotopic (exact) mass is 271 g/mol. The van der Waals surface area contributed by atoms with E-state index in [0.29, 0.717) is 17.3 Å². The van der Waals surface area contributed by atoms with Gasteiger partial charge in [0.05, 0.1) is 0 Å². The number of aliphatic hydroxyl groups excluding tert-OH is 1. The highest BCUT2D eigenvalue weighted by Crippen LogP contribution is 2.17.